The number of likely N-dealkylation sites (tertiary alicyclic amines) is 1. The highest BCUT2D eigenvalue weighted by atomic mass is 16.1. The molecule has 2 aromatic heterocycles. The molecule has 0 atom stereocenters. The number of pyridine rings is 1. The number of nitrogens with zero attached hydrogens (tertiary/aromatic N) is 4. The van der Waals surface area contributed by atoms with Crippen molar-refractivity contribution in [3.05, 3.63) is 62.4 Å². The van der Waals surface area contributed by atoms with Gasteiger partial charge < -0.3 is 4.57 Å². The standard InChI is InChI=1S/C18H22N4O2/c1-20-8-13(2-6-17(20)23)9-21-10-14(11-21)12-22-18(24)7-5-16(19-22)15-3-4-15/h2,5-8,14-15H,3-4,9-12H2,1H3. The number of hydrogen-bond donors (Lipinski definition) is 0. The monoisotopic (exact) mass is 326 g/mol. The molecular formula is C18H22N4O2. The normalized spacial score (nSPS) is 18.5. The first-order valence-electron chi connectivity index (χ1n) is 8.54. The molecule has 1 saturated heterocycles. The zero-order valence-corrected chi connectivity index (χ0v) is 13.9. The van der Waals surface area contributed by atoms with E-state index in [1.807, 2.05) is 18.3 Å². The molecule has 0 bridgehead atoms. The quantitative estimate of drug-likeness (QED) is 0.821. The third-order valence-corrected chi connectivity index (χ3v) is 4.90. The molecule has 1 saturated carbocycles. The van der Waals surface area contributed by atoms with Crippen LogP contribution in [0.5, 0.6) is 0 Å². The molecule has 4 rings (SSSR count). The van der Waals surface area contributed by atoms with E-state index in [4.69, 9.17) is 0 Å². The zero-order chi connectivity index (χ0) is 16.7. The third kappa shape index (κ3) is 3.19. The van der Waals surface area contributed by atoms with E-state index in [9.17, 15) is 9.59 Å². The van der Waals surface area contributed by atoms with E-state index < -0.39 is 0 Å². The predicted molar refractivity (Wildman–Crippen MR) is 90.9 cm³/mol. The van der Waals surface area contributed by atoms with Crippen molar-refractivity contribution in [3.8, 4) is 0 Å². The Morgan fingerprint density at radius 2 is 1.83 bits per heavy atom. The topological polar surface area (TPSA) is 60.1 Å². The maximum Gasteiger partial charge on any atom is 0.266 e. The van der Waals surface area contributed by atoms with Crippen LogP contribution >= 0.6 is 0 Å². The highest BCUT2D eigenvalue weighted by Crippen LogP contribution is 2.38. The highest BCUT2D eigenvalue weighted by molar-refractivity contribution is 5.13. The molecule has 3 heterocycles. The lowest BCUT2D eigenvalue weighted by Crippen LogP contribution is -2.49. The summed E-state index contributed by atoms with van der Waals surface area (Å²) in [6.07, 6.45) is 4.28. The summed E-state index contributed by atoms with van der Waals surface area (Å²) in [6.45, 7) is 3.47. The zero-order valence-electron chi connectivity index (χ0n) is 13.9. The SMILES string of the molecule is Cn1cc(CN2CC(Cn3nc(C4CC4)ccc3=O)C2)ccc1=O. The Hall–Kier alpha value is -2.21. The molecule has 1 aliphatic carbocycles. The van der Waals surface area contributed by atoms with Crippen molar-refractivity contribution in [1.29, 1.82) is 0 Å². The van der Waals surface area contributed by atoms with Gasteiger partial charge in [-0.05, 0) is 24.5 Å². The molecule has 126 valence electrons. The molecule has 0 unspecified atom stereocenters. The van der Waals surface area contributed by atoms with Crippen LogP contribution in [0.3, 0.4) is 0 Å². The van der Waals surface area contributed by atoms with Gasteiger partial charge in [0.05, 0.1) is 12.2 Å². The van der Waals surface area contributed by atoms with Gasteiger partial charge in [-0.2, -0.15) is 5.10 Å². The molecule has 0 aromatic carbocycles. The molecule has 24 heavy (non-hydrogen) atoms. The van der Waals surface area contributed by atoms with Gasteiger partial charge in [-0.15, -0.1) is 0 Å². The van der Waals surface area contributed by atoms with E-state index in [0.29, 0.717) is 18.4 Å². The van der Waals surface area contributed by atoms with Crippen LogP contribution < -0.4 is 11.1 Å². The van der Waals surface area contributed by atoms with Crippen molar-refractivity contribution < 1.29 is 0 Å². The Morgan fingerprint density at radius 3 is 2.54 bits per heavy atom. The molecule has 1 aliphatic heterocycles. The maximum atomic E-state index is 12.0. The summed E-state index contributed by atoms with van der Waals surface area (Å²) in [7, 11) is 1.77. The minimum absolute atomic E-state index is 0.00379. The number of aromatic nitrogens is 3. The van der Waals surface area contributed by atoms with Gasteiger partial charge in [0.25, 0.3) is 5.56 Å². The van der Waals surface area contributed by atoms with Crippen LogP contribution in [-0.2, 0) is 20.1 Å². The number of hydrogen-bond acceptors (Lipinski definition) is 4. The van der Waals surface area contributed by atoms with E-state index in [1.54, 1.807) is 28.4 Å². The second-order valence-corrected chi connectivity index (χ2v) is 7.10. The van der Waals surface area contributed by atoms with E-state index in [2.05, 4.69) is 10.00 Å². The summed E-state index contributed by atoms with van der Waals surface area (Å²) in [5.74, 6) is 1.04. The van der Waals surface area contributed by atoms with Gasteiger partial charge in [0.1, 0.15) is 0 Å². The van der Waals surface area contributed by atoms with Gasteiger partial charge in [-0.1, -0.05) is 6.07 Å². The van der Waals surface area contributed by atoms with E-state index in [1.165, 1.54) is 12.8 Å². The van der Waals surface area contributed by atoms with Crippen LogP contribution in [0.2, 0.25) is 0 Å². The van der Waals surface area contributed by atoms with Crippen molar-refractivity contribution in [2.45, 2.75) is 31.8 Å². The van der Waals surface area contributed by atoms with Crippen molar-refractivity contribution in [3.63, 3.8) is 0 Å². The van der Waals surface area contributed by atoms with Gasteiger partial charge >= 0.3 is 0 Å². The lowest BCUT2D eigenvalue weighted by atomic mass is 9.99. The van der Waals surface area contributed by atoms with Crippen LogP contribution in [0.25, 0.3) is 0 Å². The Morgan fingerprint density at radius 1 is 1.08 bits per heavy atom. The number of aryl methyl sites for hydroxylation is 1. The third-order valence-electron chi connectivity index (χ3n) is 4.90. The second kappa shape index (κ2) is 6.02. The molecule has 0 spiro atoms. The Bertz CT molecular complexity index is 860. The van der Waals surface area contributed by atoms with E-state index in [0.717, 1.165) is 30.9 Å². The fourth-order valence-electron chi connectivity index (χ4n) is 3.36. The summed E-state index contributed by atoms with van der Waals surface area (Å²) < 4.78 is 3.25. The van der Waals surface area contributed by atoms with Crippen molar-refractivity contribution >= 4 is 0 Å². The van der Waals surface area contributed by atoms with Gasteiger partial charge in [-0.3, -0.25) is 14.5 Å². The van der Waals surface area contributed by atoms with E-state index in [-0.39, 0.29) is 11.1 Å². The van der Waals surface area contributed by atoms with Gasteiger partial charge in [0.15, 0.2) is 0 Å². The van der Waals surface area contributed by atoms with Crippen LogP contribution in [0.15, 0.2) is 40.1 Å². The van der Waals surface area contributed by atoms with Gasteiger partial charge in [0, 0.05) is 56.8 Å². The largest absolute Gasteiger partial charge is 0.318 e. The average molecular weight is 326 g/mol. The maximum absolute atomic E-state index is 12.0. The van der Waals surface area contributed by atoms with Crippen molar-refractivity contribution in [1.82, 2.24) is 19.2 Å². The Kier molecular flexibility index (Phi) is 3.84. The fraction of sp³-hybridized carbons (Fsp3) is 0.500. The molecule has 0 amide bonds. The molecular weight excluding hydrogens is 304 g/mol. The molecule has 2 fully saturated rings. The minimum Gasteiger partial charge on any atom is -0.318 e. The summed E-state index contributed by atoms with van der Waals surface area (Å²) in [5.41, 5.74) is 2.22. The van der Waals surface area contributed by atoms with Gasteiger partial charge in [0.2, 0.25) is 5.56 Å². The lowest BCUT2D eigenvalue weighted by Gasteiger charge is -2.39. The first-order valence-corrected chi connectivity index (χ1v) is 8.54. The molecule has 2 aromatic rings. The van der Waals surface area contributed by atoms with Crippen LogP contribution in [-0.4, -0.2) is 32.3 Å². The average Bonchev–Trinajstić information content (AvgIpc) is 3.35. The first-order chi connectivity index (χ1) is 11.6. The summed E-state index contributed by atoms with van der Waals surface area (Å²) >= 11 is 0. The Labute approximate surface area is 140 Å². The molecule has 2 aliphatic rings. The van der Waals surface area contributed by atoms with E-state index >= 15 is 0 Å². The predicted octanol–water partition coefficient (Wildman–Crippen LogP) is 0.951. The second-order valence-electron chi connectivity index (χ2n) is 7.10. The molecule has 0 radical (unpaired) electrons. The van der Waals surface area contributed by atoms with Crippen molar-refractivity contribution in [2.24, 2.45) is 13.0 Å². The lowest BCUT2D eigenvalue weighted by molar-refractivity contribution is 0.0763. The van der Waals surface area contributed by atoms with Crippen molar-refractivity contribution in [2.75, 3.05) is 13.1 Å². The summed E-state index contributed by atoms with van der Waals surface area (Å²) in [5, 5.41) is 4.53. The van der Waals surface area contributed by atoms with Crippen LogP contribution in [0.1, 0.15) is 30.0 Å². The number of rotatable bonds is 5. The molecule has 6 heteroatoms. The van der Waals surface area contributed by atoms with Crippen LogP contribution in [0, 0.1) is 5.92 Å². The highest BCUT2D eigenvalue weighted by Gasteiger charge is 2.29. The first kappa shape index (κ1) is 15.3. The van der Waals surface area contributed by atoms with Crippen LogP contribution in [0.4, 0.5) is 0 Å². The molecule has 6 nitrogen and oxygen atoms in total. The van der Waals surface area contributed by atoms with Gasteiger partial charge in [-0.25, -0.2) is 4.68 Å². The summed E-state index contributed by atoms with van der Waals surface area (Å²) in [4.78, 5) is 25.7. The fourth-order valence-corrected chi connectivity index (χ4v) is 3.36. The minimum atomic E-state index is -0.00379. The Balaban J connectivity index is 1.34. The summed E-state index contributed by atoms with van der Waals surface area (Å²) in [6, 6.07) is 7.03. The smallest absolute Gasteiger partial charge is 0.266 e. The molecule has 0 N–H and O–H groups in total.